The second-order valence-electron chi connectivity index (χ2n) is 10.7. The summed E-state index contributed by atoms with van der Waals surface area (Å²) in [5.74, 6) is -0.724. The number of esters is 1. The minimum Gasteiger partial charge on any atom is -0.458 e. The van der Waals surface area contributed by atoms with E-state index in [1.165, 1.54) is 0 Å². The molecule has 7 heteroatoms. The maximum absolute atomic E-state index is 13.6. The van der Waals surface area contributed by atoms with Crippen molar-refractivity contribution < 1.29 is 19.7 Å². The lowest BCUT2D eigenvalue weighted by molar-refractivity contribution is -0.172. The van der Waals surface area contributed by atoms with Crippen molar-refractivity contribution in [1.82, 2.24) is 9.55 Å². The van der Waals surface area contributed by atoms with Gasteiger partial charge in [0.15, 0.2) is 5.60 Å². The Morgan fingerprint density at radius 1 is 1.00 bits per heavy atom. The van der Waals surface area contributed by atoms with Crippen LogP contribution in [0.1, 0.15) is 41.2 Å². The van der Waals surface area contributed by atoms with Crippen LogP contribution in [0.5, 0.6) is 0 Å². The van der Waals surface area contributed by atoms with E-state index in [2.05, 4.69) is 43.3 Å². The smallest absolute Gasteiger partial charge is 0.343 e. The van der Waals surface area contributed by atoms with Crippen molar-refractivity contribution in [3.8, 4) is 22.5 Å². The summed E-state index contributed by atoms with van der Waals surface area (Å²) in [6, 6.07) is 20.5. The highest BCUT2D eigenvalue weighted by Gasteiger charge is 2.45. The summed E-state index contributed by atoms with van der Waals surface area (Å²) < 4.78 is 6.88. The average molecular weight is 533 g/mol. The summed E-state index contributed by atoms with van der Waals surface area (Å²) in [5, 5.41) is 23.6. The molecule has 0 bridgehead atoms. The van der Waals surface area contributed by atoms with Gasteiger partial charge < -0.3 is 19.5 Å². The molecule has 2 aliphatic heterocycles. The zero-order chi connectivity index (χ0) is 27.8. The third-order valence-corrected chi connectivity index (χ3v) is 8.63. The van der Waals surface area contributed by atoms with E-state index in [4.69, 9.17) is 9.72 Å². The van der Waals surface area contributed by atoms with Gasteiger partial charge in [0.1, 0.15) is 6.61 Å². The minimum absolute atomic E-state index is 0.108. The molecular weight excluding hydrogens is 504 g/mol. The molecule has 40 heavy (non-hydrogen) atoms. The Morgan fingerprint density at radius 3 is 2.50 bits per heavy atom. The molecule has 200 valence electrons. The molecular formula is C33H28N2O5. The van der Waals surface area contributed by atoms with Crippen LogP contribution in [-0.2, 0) is 34.7 Å². The van der Waals surface area contributed by atoms with Gasteiger partial charge in [-0.2, -0.15) is 0 Å². The zero-order valence-electron chi connectivity index (χ0n) is 22.3. The number of aromatic nitrogens is 2. The zero-order valence-corrected chi connectivity index (χ0v) is 22.3. The number of carbonyl (C=O) groups excluding carboxylic acids is 1. The summed E-state index contributed by atoms with van der Waals surface area (Å²) in [4.78, 5) is 31.1. The molecule has 5 aromatic rings. The topological polar surface area (TPSA) is 102 Å². The normalized spacial score (nSPS) is 17.6. The molecule has 4 heterocycles. The Balaban J connectivity index is 1.42. The van der Waals surface area contributed by atoms with Crippen molar-refractivity contribution in [2.75, 3.05) is 6.61 Å². The summed E-state index contributed by atoms with van der Waals surface area (Å²) in [6.07, 6.45) is 0.741. The molecule has 0 radical (unpaired) electrons. The number of aryl methyl sites for hydroxylation is 1. The van der Waals surface area contributed by atoms with Gasteiger partial charge in [-0.1, -0.05) is 49.4 Å². The van der Waals surface area contributed by atoms with Gasteiger partial charge in [0.05, 0.1) is 29.0 Å². The Kier molecular flexibility index (Phi) is 5.46. The molecule has 0 unspecified atom stereocenters. The molecule has 7 rings (SSSR count). The van der Waals surface area contributed by atoms with Crippen LogP contribution in [-0.4, -0.2) is 32.3 Å². The Hall–Kier alpha value is -4.33. The number of cyclic esters (lactones) is 1. The second kappa shape index (κ2) is 8.84. The number of rotatable bonds is 4. The minimum atomic E-state index is -1.85. The van der Waals surface area contributed by atoms with Crippen LogP contribution >= 0.6 is 0 Å². The van der Waals surface area contributed by atoms with E-state index in [-0.39, 0.29) is 25.2 Å². The van der Waals surface area contributed by atoms with Crippen LogP contribution in [0.2, 0.25) is 0 Å². The highest BCUT2D eigenvalue weighted by atomic mass is 16.6. The number of pyridine rings is 2. The quantitative estimate of drug-likeness (QED) is 0.251. The lowest BCUT2D eigenvalue weighted by Gasteiger charge is -2.31. The van der Waals surface area contributed by atoms with Gasteiger partial charge in [-0.3, -0.25) is 4.79 Å². The SMILES string of the molecule is CC[C@@]1(O)C(=O)OCc2c1cc1n(c2=O)Cc2c-1nc1ccc3ccc(-c4ccc(CCO)cc4)cc3c1c2C. The van der Waals surface area contributed by atoms with E-state index in [9.17, 15) is 19.8 Å². The van der Waals surface area contributed by atoms with Crippen molar-refractivity contribution in [1.29, 1.82) is 0 Å². The molecule has 7 nitrogen and oxygen atoms in total. The Bertz CT molecular complexity index is 1940. The molecule has 2 aliphatic rings. The maximum Gasteiger partial charge on any atom is 0.343 e. The van der Waals surface area contributed by atoms with E-state index in [0.29, 0.717) is 35.5 Å². The fourth-order valence-corrected chi connectivity index (χ4v) is 6.30. The fraction of sp³-hybridized carbons (Fsp3) is 0.242. The summed E-state index contributed by atoms with van der Waals surface area (Å²) >= 11 is 0. The van der Waals surface area contributed by atoms with Gasteiger partial charge in [0.25, 0.3) is 5.56 Å². The Morgan fingerprint density at radius 2 is 1.75 bits per heavy atom. The molecule has 1 atom stereocenters. The first-order chi connectivity index (χ1) is 19.3. The molecule has 0 saturated heterocycles. The van der Waals surface area contributed by atoms with Crippen LogP contribution in [0.4, 0.5) is 0 Å². The first-order valence-electron chi connectivity index (χ1n) is 13.6. The molecule has 2 N–H and O–H groups in total. The number of hydrogen-bond donors (Lipinski definition) is 2. The van der Waals surface area contributed by atoms with Crippen molar-refractivity contribution in [3.05, 3.63) is 98.8 Å². The number of carbonyl (C=O) groups is 1. The number of aliphatic hydroxyl groups is 2. The molecule has 0 saturated carbocycles. The van der Waals surface area contributed by atoms with Gasteiger partial charge >= 0.3 is 5.97 Å². The lowest BCUT2D eigenvalue weighted by atomic mass is 9.86. The molecule has 0 spiro atoms. The summed E-state index contributed by atoms with van der Waals surface area (Å²) in [7, 11) is 0. The number of ether oxygens (including phenoxy) is 1. The van der Waals surface area contributed by atoms with Crippen molar-refractivity contribution in [2.24, 2.45) is 0 Å². The first-order valence-corrected chi connectivity index (χ1v) is 13.6. The van der Waals surface area contributed by atoms with E-state index in [1.807, 2.05) is 18.2 Å². The number of benzene rings is 3. The maximum atomic E-state index is 13.6. The molecule has 2 aromatic heterocycles. The van der Waals surface area contributed by atoms with Crippen LogP contribution in [0.25, 0.3) is 44.2 Å². The third kappa shape index (κ3) is 3.41. The highest BCUT2D eigenvalue weighted by Crippen LogP contribution is 2.41. The fourth-order valence-electron chi connectivity index (χ4n) is 6.30. The molecule has 3 aromatic carbocycles. The van der Waals surface area contributed by atoms with Gasteiger partial charge in [-0.15, -0.1) is 0 Å². The molecule has 0 fully saturated rings. The van der Waals surface area contributed by atoms with E-state index >= 15 is 0 Å². The first kappa shape index (κ1) is 24.7. The van der Waals surface area contributed by atoms with Crippen molar-refractivity contribution >= 4 is 27.6 Å². The van der Waals surface area contributed by atoms with Crippen LogP contribution in [0.15, 0.2) is 65.5 Å². The van der Waals surface area contributed by atoms with Crippen LogP contribution in [0.3, 0.4) is 0 Å². The van der Waals surface area contributed by atoms with Gasteiger partial charge in [0, 0.05) is 23.1 Å². The number of nitrogens with zero attached hydrogens (tertiary/aromatic N) is 2. The predicted molar refractivity (Wildman–Crippen MR) is 153 cm³/mol. The van der Waals surface area contributed by atoms with Crippen molar-refractivity contribution in [3.63, 3.8) is 0 Å². The van der Waals surface area contributed by atoms with Gasteiger partial charge in [0.2, 0.25) is 0 Å². The highest BCUT2D eigenvalue weighted by molar-refractivity contribution is 6.10. The monoisotopic (exact) mass is 532 g/mol. The lowest BCUT2D eigenvalue weighted by Crippen LogP contribution is -2.44. The van der Waals surface area contributed by atoms with Gasteiger partial charge in [-0.05, 0) is 71.0 Å². The molecule has 0 aliphatic carbocycles. The van der Waals surface area contributed by atoms with E-state index in [1.54, 1.807) is 17.6 Å². The van der Waals surface area contributed by atoms with Crippen molar-refractivity contribution in [2.45, 2.75) is 45.4 Å². The summed E-state index contributed by atoms with van der Waals surface area (Å²) in [5.41, 5.74) is 5.98. The van der Waals surface area contributed by atoms with Crippen LogP contribution in [0, 0.1) is 6.92 Å². The standard InChI is InChI=1S/C33H28N2O5/c1-3-33(39)26-15-28-30-24(16-35(28)31(37)25(26)17-40-32(33)38)18(2)29-23-14-22(9-8-21(23)10-11-27(29)34-30)20-6-4-19(5-7-20)12-13-36/h4-11,14-15,36,39H,3,12-13,16-17H2,1-2H3/t33-/m0/s1. The second-order valence-corrected chi connectivity index (χ2v) is 10.7. The Labute approximate surface area is 230 Å². The number of hydrogen-bond acceptors (Lipinski definition) is 6. The van der Waals surface area contributed by atoms with E-state index < -0.39 is 11.6 Å². The summed E-state index contributed by atoms with van der Waals surface area (Å²) in [6.45, 7) is 4.13. The predicted octanol–water partition coefficient (Wildman–Crippen LogP) is 4.74. The van der Waals surface area contributed by atoms with E-state index in [0.717, 1.165) is 49.5 Å². The van der Waals surface area contributed by atoms with Crippen LogP contribution < -0.4 is 5.56 Å². The average Bonchev–Trinajstić information content (AvgIpc) is 3.35. The third-order valence-electron chi connectivity index (χ3n) is 8.63. The largest absolute Gasteiger partial charge is 0.458 e. The number of fused-ring (bicyclic) bond motifs is 7. The molecule has 0 amide bonds. The van der Waals surface area contributed by atoms with Gasteiger partial charge in [-0.25, -0.2) is 9.78 Å². The number of aliphatic hydroxyl groups excluding tert-OH is 1.